The quantitative estimate of drug-likeness (QED) is 0.444. The van der Waals surface area contributed by atoms with Crippen LogP contribution in [0.3, 0.4) is 0 Å². The number of carbonyl (C=O) groups excluding carboxylic acids is 1. The van der Waals surface area contributed by atoms with E-state index < -0.39 is 0 Å². The molecule has 0 N–H and O–H groups in total. The van der Waals surface area contributed by atoms with Gasteiger partial charge in [0, 0.05) is 36.0 Å². The Kier molecular flexibility index (Phi) is 3.96. The fraction of sp³-hybridized carbons (Fsp3) is 0.0625. The van der Waals surface area contributed by atoms with Crippen molar-refractivity contribution >= 4 is 54.9 Å². The van der Waals surface area contributed by atoms with E-state index in [1.807, 2.05) is 54.1 Å². The molecule has 0 unspecified atom stereocenters. The zero-order chi connectivity index (χ0) is 14.1. The van der Waals surface area contributed by atoms with Crippen molar-refractivity contribution in [3.63, 3.8) is 0 Å². The molecular weight excluding hydrogens is 352 g/mol. The zero-order valence-electron chi connectivity index (χ0n) is 10.7. The predicted octanol–water partition coefficient (Wildman–Crippen LogP) is 5.62. The van der Waals surface area contributed by atoms with Gasteiger partial charge >= 0.3 is 0 Å². The van der Waals surface area contributed by atoms with Gasteiger partial charge in [0.15, 0.2) is 5.78 Å². The first-order valence-corrected chi connectivity index (χ1v) is 8.95. The van der Waals surface area contributed by atoms with E-state index in [9.17, 15) is 4.79 Å². The van der Waals surface area contributed by atoms with Gasteiger partial charge in [-0.15, -0.1) is 23.1 Å². The Morgan fingerprint density at radius 3 is 2.60 bits per heavy atom. The Balaban J connectivity index is 2.06. The smallest absolute Gasteiger partial charge is 0.194 e. The summed E-state index contributed by atoms with van der Waals surface area (Å²) in [4.78, 5) is 13.8. The van der Waals surface area contributed by atoms with Crippen LogP contribution in [0.4, 0.5) is 0 Å². The molecule has 3 rings (SSSR count). The van der Waals surface area contributed by atoms with Gasteiger partial charge in [0.05, 0.1) is 0 Å². The number of benzene rings is 2. The van der Waals surface area contributed by atoms with Crippen molar-refractivity contribution in [3.05, 3.63) is 63.4 Å². The summed E-state index contributed by atoms with van der Waals surface area (Å²) in [5.74, 6) is 0.0852. The van der Waals surface area contributed by atoms with Crippen LogP contribution in [-0.4, -0.2) is 12.0 Å². The van der Waals surface area contributed by atoms with E-state index in [0.717, 1.165) is 25.7 Å². The molecule has 4 heteroatoms. The second kappa shape index (κ2) is 5.72. The van der Waals surface area contributed by atoms with Crippen LogP contribution < -0.4 is 0 Å². The van der Waals surface area contributed by atoms with Crippen LogP contribution in [0.1, 0.15) is 15.9 Å². The lowest BCUT2D eigenvalue weighted by molar-refractivity contribution is 0.104. The highest BCUT2D eigenvalue weighted by molar-refractivity contribution is 9.10. The van der Waals surface area contributed by atoms with Crippen LogP contribution in [0.25, 0.3) is 10.1 Å². The molecule has 0 spiro atoms. The van der Waals surface area contributed by atoms with Gasteiger partial charge in [-0.1, -0.05) is 12.1 Å². The molecule has 0 saturated heterocycles. The van der Waals surface area contributed by atoms with E-state index in [0.29, 0.717) is 0 Å². The van der Waals surface area contributed by atoms with Crippen molar-refractivity contribution in [2.75, 3.05) is 6.26 Å². The fourth-order valence-electron chi connectivity index (χ4n) is 2.10. The third-order valence-corrected chi connectivity index (χ3v) is 5.84. The molecule has 0 aliphatic carbocycles. The molecule has 0 radical (unpaired) electrons. The molecule has 1 aromatic heterocycles. The van der Waals surface area contributed by atoms with E-state index in [4.69, 9.17) is 0 Å². The SMILES string of the molecule is CSc1ccc(C(=O)c2csc3c(Br)cccc23)cc1. The van der Waals surface area contributed by atoms with Crippen molar-refractivity contribution in [1.82, 2.24) is 0 Å². The number of hydrogen-bond donors (Lipinski definition) is 0. The van der Waals surface area contributed by atoms with Gasteiger partial charge < -0.3 is 0 Å². The minimum atomic E-state index is 0.0852. The van der Waals surface area contributed by atoms with Gasteiger partial charge in [-0.2, -0.15) is 0 Å². The lowest BCUT2D eigenvalue weighted by Gasteiger charge is -2.02. The number of fused-ring (bicyclic) bond motifs is 1. The average Bonchev–Trinajstić information content (AvgIpc) is 2.92. The lowest BCUT2D eigenvalue weighted by atomic mass is 10.0. The largest absolute Gasteiger partial charge is 0.289 e. The first kappa shape index (κ1) is 13.9. The number of hydrogen-bond acceptors (Lipinski definition) is 3. The molecule has 0 aliphatic rings. The molecule has 100 valence electrons. The molecule has 3 aromatic rings. The lowest BCUT2D eigenvalue weighted by Crippen LogP contribution is -1.99. The van der Waals surface area contributed by atoms with Gasteiger partial charge in [0.1, 0.15) is 0 Å². The molecule has 0 saturated carbocycles. The number of rotatable bonds is 3. The zero-order valence-corrected chi connectivity index (χ0v) is 13.9. The summed E-state index contributed by atoms with van der Waals surface area (Å²) in [6.07, 6.45) is 2.03. The van der Waals surface area contributed by atoms with Crippen LogP contribution in [0, 0.1) is 0 Å². The topological polar surface area (TPSA) is 17.1 Å². The molecule has 0 aliphatic heterocycles. The van der Waals surface area contributed by atoms with Crippen molar-refractivity contribution in [2.24, 2.45) is 0 Å². The Hall–Kier alpha value is -1.10. The molecule has 0 bridgehead atoms. The third kappa shape index (κ3) is 2.43. The molecular formula is C16H11BrOS2. The molecule has 1 heterocycles. The number of carbonyl (C=O) groups is 1. The van der Waals surface area contributed by atoms with Gasteiger partial charge in [0.25, 0.3) is 0 Å². The number of thioether (sulfide) groups is 1. The minimum Gasteiger partial charge on any atom is -0.289 e. The molecule has 2 aromatic carbocycles. The summed E-state index contributed by atoms with van der Waals surface area (Å²) in [6.45, 7) is 0. The number of halogens is 1. The summed E-state index contributed by atoms with van der Waals surface area (Å²) in [5.41, 5.74) is 1.52. The average molecular weight is 363 g/mol. The third-order valence-electron chi connectivity index (χ3n) is 3.15. The maximum Gasteiger partial charge on any atom is 0.194 e. The Morgan fingerprint density at radius 2 is 1.90 bits per heavy atom. The highest BCUT2D eigenvalue weighted by atomic mass is 79.9. The monoisotopic (exact) mass is 362 g/mol. The van der Waals surface area contributed by atoms with Crippen molar-refractivity contribution in [3.8, 4) is 0 Å². The second-order valence-corrected chi connectivity index (χ2v) is 6.94. The van der Waals surface area contributed by atoms with E-state index in [2.05, 4.69) is 15.9 Å². The van der Waals surface area contributed by atoms with E-state index in [1.54, 1.807) is 23.1 Å². The number of ketones is 1. The summed E-state index contributed by atoms with van der Waals surface area (Å²) >= 11 is 6.81. The van der Waals surface area contributed by atoms with Gasteiger partial charge in [-0.05, 0) is 52.5 Å². The van der Waals surface area contributed by atoms with Crippen LogP contribution in [0.5, 0.6) is 0 Å². The highest BCUT2D eigenvalue weighted by Crippen LogP contribution is 2.33. The second-order valence-electron chi connectivity index (χ2n) is 4.32. The standard InChI is InChI=1S/C16H11BrOS2/c1-19-11-7-5-10(6-8-11)15(18)13-9-20-16-12(13)3-2-4-14(16)17/h2-9H,1H3. The van der Waals surface area contributed by atoms with Crippen LogP contribution in [0.15, 0.2) is 57.2 Å². The fourth-order valence-corrected chi connectivity index (χ4v) is 4.11. The summed E-state index contributed by atoms with van der Waals surface area (Å²) in [6, 6.07) is 13.7. The van der Waals surface area contributed by atoms with Crippen molar-refractivity contribution < 1.29 is 4.79 Å². The number of thiophene rings is 1. The molecule has 0 atom stereocenters. The minimum absolute atomic E-state index is 0.0852. The van der Waals surface area contributed by atoms with E-state index >= 15 is 0 Å². The Bertz CT molecular complexity index is 775. The van der Waals surface area contributed by atoms with Gasteiger partial charge in [-0.3, -0.25) is 4.79 Å². The highest BCUT2D eigenvalue weighted by Gasteiger charge is 2.15. The molecule has 0 amide bonds. The van der Waals surface area contributed by atoms with Crippen LogP contribution >= 0.6 is 39.0 Å². The van der Waals surface area contributed by atoms with Crippen LogP contribution in [0.2, 0.25) is 0 Å². The van der Waals surface area contributed by atoms with E-state index in [1.165, 1.54) is 4.90 Å². The predicted molar refractivity (Wildman–Crippen MR) is 91.2 cm³/mol. The maximum absolute atomic E-state index is 12.6. The summed E-state index contributed by atoms with van der Waals surface area (Å²) in [5, 5.41) is 2.96. The Labute approximate surface area is 134 Å². The molecule has 1 nitrogen and oxygen atoms in total. The first-order valence-electron chi connectivity index (χ1n) is 6.05. The Morgan fingerprint density at radius 1 is 1.15 bits per heavy atom. The van der Waals surface area contributed by atoms with Crippen LogP contribution in [-0.2, 0) is 0 Å². The van der Waals surface area contributed by atoms with Gasteiger partial charge in [-0.25, -0.2) is 0 Å². The van der Waals surface area contributed by atoms with E-state index in [-0.39, 0.29) is 5.78 Å². The molecule has 0 fully saturated rings. The maximum atomic E-state index is 12.6. The normalized spacial score (nSPS) is 10.9. The summed E-state index contributed by atoms with van der Waals surface area (Å²) in [7, 11) is 0. The summed E-state index contributed by atoms with van der Waals surface area (Å²) < 4.78 is 2.16. The van der Waals surface area contributed by atoms with Crippen molar-refractivity contribution in [2.45, 2.75) is 4.90 Å². The van der Waals surface area contributed by atoms with Gasteiger partial charge in [0.2, 0.25) is 0 Å². The first-order chi connectivity index (χ1) is 9.70. The van der Waals surface area contributed by atoms with Crippen molar-refractivity contribution in [1.29, 1.82) is 0 Å². The molecule has 20 heavy (non-hydrogen) atoms.